The second kappa shape index (κ2) is 10.4. The van der Waals surface area contributed by atoms with Crippen LogP contribution in [0.3, 0.4) is 0 Å². The molecule has 1 saturated carbocycles. The molecular formula is C34H35ClFN5O2. The average molecular weight is 600 g/mol. The summed E-state index contributed by atoms with van der Waals surface area (Å²) in [7, 11) is 0. The number of hydrogen-bond donors (Lipinski definition) is 1. The van der Waals surface area contributed by atoms with Gasteiger partial charge in [0.05, 0.1) is 11.2 Å². The molecule has 3 aliphatic heterocycles. The number of fused-ring (bicyclic) bond motifs is 3. The van der Waals surface area contributed by atoms with Crippen LogP contribution >= 0.6 is 11.6 Å². The number of hydrogen-bond acceptors (Lipinski definition) is 6. The third kappa shape index (κ3) is 4.56. The first-order valence-electron chi connectivity index (χ1n) is 15.6. The van der Waals surface area contributed by atoms with Gasteiger partial charge in [0.1, 0.15) is 17.8 Å². The predicted octanol–water partition coefficient (Wildman–Crippen LogP) is 6.81. The summed E-state index contributed by atoms with van der Waals surface area (Å²) in [6, 6.07) is 11.6. The molecule has 0 bridgehead atoms. The highest BCUT2D eigenvalue weighted by atomic mass is 35.5. The van der Waals surface area contributed by atoms with E-state index in [-0.39, 0.29) is 40.0 Å². The Morgan fingerprint density at radius 2 is 1.88 bits per heavy atom. The molecule has 2 aromatic carbocycles. The van der Waals surface area contributed by atoms with Crippen molar-refractivity contribution in [2.24, 2.45) is 5.41 Å². The Balaban J connectivity index is 1.25. The molecule has 1 N–H and O–H groups in total. The third-order valence-electron chi connectivity index (χ3n) is 10.6. The van der Waals surface area contributed by atoms with Gasteiger partial charge in [-0.2, -0.15) is 9.97 Å². The van der Waals surface area contributed by atoms with E-state index in [4.69, 9.17) is 26.3 Å². The van der Waals surface area contributed by atoms with Crippen molar-refractivity contribution in [3.63, 3.8) is 0 Å². The first-order chi connectivity index (χ1) is 20.9. The van der Waals surface area contributed by atoms with Gasteiger partial charge in [-0.3, -0.25) is 14.7 Å². The topological polar surface area (TPSA) is 80.2 Å². The number of nitrogens with zero attached hydrogens (tertiary/aromatic N) is 4. The van der Waals surface area contributed by atoms with E-state index in [1.165, 1.54) is 12.8 Å². The minimum absolute atomic E-state index is 0.0188. The van der Waals surface area contributed by atoms with Crippen molar-refractivity contribution >= 4 is 39.2 Å². The van der Waals surface area contributed by atoms with Gasteiger partial charge >= 0.3 is 6.01 Å². The maximum Gasteiger partial charge on any atom is 0.317 e. The Morgan fingerprint density at radius 1 is 1.07 bits per heavy atom. The van der Waals surface area contributed by atoms with Crippen LogP contribution in [0.4, 0.5) is 4.39 Å². The van der Waals surface area contributed by atoms with Gasteiger partial charge in [0, 0.05) is 46.4 Å². The molecule has 3 saturated heterocycles. The summed E-state index contributed by atoms with van der Waals surface area (Å²) < 4.78 is 23.1. The van der Waals surface area contributed by atoms with Crippen molar-refractivity contribution in [1.82, 2.24) is 25.2 Å². The average Bonchev–Trinajstić information content (AvgIpc) is 3.70. The van der Waals surface area contributed by atoms with Crippen LogP contribution < -0.4 is 10.1 Å². The number of carbonyl (C=O) groups is 1. The normalized spacial score (nSPS) is 25.1. The molecule has 7 nitrogen and oxygen atoms in total. The molecule has 2 atom stereocenters. The summed E-state index contributed by atoms with van der Waals surface area (Å²) in [4.78, 5) is 29.2. The summed E-state index contributed by atoms with van der Waals surface area (Å²) in [5, 5.41) is 5.88. The fourth-order valence-corrected chi connectivity index (χ4v) is 8.81. The van der Waals surface area contributed by atoms with Crippen molar-refractivity contribution in [1.29, 1.82) is 0 Å². The van der Waals surface area contributed by atoms with Crippen LogP contribution in [0.5, 0.6) is 6.01 Å². The smallest absolute Gasteiger partial charge is 0.317 e. The van der Waals surface area contributed by atoms with Gasteiger partial charge in [-0.25, -0.2) is 4.39 Å². The molecule has 222 valence electrons. The van der Waals surface area contributed by atoms with Crippen LogP contribution in [0.2, 0.25) is 5.02 Å². The van der Waals surface area contributed by atoms with Crippen molar-refractivity contribution < 1.29 is 13.9 Å². The maximum absolute atomic E-state index is 16.7. The highest BCUT2D eigenvalue weighted by Crippen LogP contribution is 2.49. The van der Waals surface area contributed by atoms with Crippen molar-refractivity contribution in [3.05, 3.63) is 59.1 Å². The first kappa shape index (κ1) is 27.2. The molecule has 4 fully saturated rings. The van der Waals surface area contributed by atoms with Crippen LogP contribution in [-0.2, 0) is 4.79 Å². The van der Waals surface area contributed by atoms with Crippen LogP contribution in [0.1, 0.15) is 69.4 Å². The highest BCUT2D eigenvalue weighted by Gasteiger charge is 2.46. The SMILES string of the molecule is O=C1CC2(CCCC(c3nc(OCC45CCCN4CCC5)nc4c(F)c(-c5cccc6cccc(Cl)c56)ncc34)C2)CN1. The van der Waals surface area contributed by atoms with E-state index in [0.717, 1.165) is 68.1 Å². The number of rotatable bonds is 5. The van der Waals surface area contributed by atoms with Gasteiger partial charge in [0.25, 0.3) is 0 Å². The lowest BCUT2D eigenvalue weighted by Gasteiger charge is -2.37. The standard InChI is InChI=1S/C34H35ClFN5O2/c35-25-10-2-7-21-6-1-9-23(27(21)25)30-28(36)31-24(18-37-30)29(22-8-3-11-33(16-22)17-26(42)38-19-33)39-32(40-31)43-20-34-12-4-14-41(34)15-5-13-34/h1-2,6-7,9-10,18,22H,3-5,8,11-17,19-20H2,(H,38,42). The molecule has 1 spiro atoms. The zero-order valence-electron chi connectivity index (χ0n) is 24.2. The molecule has 1 amide bonds. The minimum atomic E-state index is -0.497. The van der Waals surface area contributed by atoms with Crippen molar-refractivity contribution in [3.8, 4) is 17.3 Å². The van der Waals surface area contributed by atoms with Crippen LogP contribution in [-0.4, -0.2) is 57.5 Å². The Labute approximate surface area is 255 Å². The number of halogens is 2. The van der Waals surface area contributed by atoms with Gasteiger partial charge in [-0.1, -0.05) is 48.4 Å². The Morgan fingerprint density at radius 3 is 2.67 bits per heavy atom. The van der Waals surface area contributed by atoms with E-state index in [9.17, 15) is 4.79 Å². The van der Waals surface area contributed by atoms with E-state index in [0.29, 0.717) is 35.5 Å². The summed E-state index contributed by atoms with van der Waals surface area (Å²) in [5.41, 5.74) is 1.77. The van der Waals surface area contributed by atoms with E-state index in [1.807, 2.05) is 36.4 Å². The summed E-state index contributed by atoms with van der Waals surface area (Å²) in [6.45, 7) is 3.39. The molecule has 8 rings (SSSR count). The fraction of sp³-hybridized carbons (Fsp3) is 0.471. The van der Waals surface area contributed by atoms with E-state index in [2.05, 4.69) is 15.2 Å². The number of aromatic nitrogens is 3. The Hall–Kier alpha value is -3.36. The molecule has 43 heavy (non-hydrogen) atoms. The molecule has 9 heteroatoms. The lowest BCUT2D eigenvalue weighted by atomic mass is 9.68. The van der Waals surface area contributed by atoms with Gasteiger partial charge < -0.3 is 10.1 Å². The number of ether oxygens (including phenoxy) is 1. The lowest BCUT2D eigenvalue weighted by molar-refractivity contribution is -0.119. The van der Waals surface area contributed by atoms with Crippen LogP contribution in [0, 0.1) is 11.2 Å². The molecule has 4 aliphatic rings. The number of carbonyl (C=O) groups excluding carboxylic acids is 1. The molecule has 5 heterocycles. The zero-order chi connectivity index (χ0) is 29.2. The largest absolute Gasteiger partial charge is 0.461 e. The summed E-state index contributed by atoms with van der Waals surface area (Å²) >= 11 is 6.62. The molecular weight excluding hydrogens is 565 g/mol. The monoisotopic (exact) mass is 599 g/mol. The summed E-state index contributed by atoms with van der Waals surface area (Å²) in [6.07, 6.45) is 10.5. The van der Waals surface area contributed by atoms with Crippen LogP contribution in [0.15, 0.2) is 42.6 Å². The maximum atomic E-state index is 16.7. The molecule has 4 aromatic rings. The molecule has 2 unspecified atom stereocenters. The Bertz CT molecular complexity index is 1750. The lowest BCUT2D eigenvalue weighted by Crippen LogP contribution is -2.43. The van der Waals surface area contributed by atoms with Gasteiger partial charge in [-0.05, 0) is 74.9 Å². The minimum Gasteiger partial charge on any atom is -0.461 e. The first-order valence-corrected chi connectivity index (χ1v) is 16.0. The van der Waals surface area contributed by atoms with E-state index in [1.54, 1.807) is 6.20 Å². The van der Waals surface area contributed by atoms with Gasteiger partial charge in [0.15, 0.2) is 5.82 Å². The second-order valence-electron chi connectivity index (χ2n) is 13.2. The zero-order valence-corrected chi connectivity index (χ0v) is 24.9. The highest BCUT2D eigenvalue weighted by molar-refractivity contribution is 6.36. The quantitative estimate of drug-likeness (QED) is 0.271. The summed E-state index contributed by atoms with van der Waals surface area (Å²) in [5.74, 6) is -0.329. The number of pyridine rings is 1. The van der Waals surface area contributed by atoms with Gasteiger partial charge in [0.2, 0.25) is 5.91 Å². The van der Waals surface area contributed by atoms with E-state index < -0.39 is 5.82 Å². The number of amides is 1. The van der Waals surface area contributed by atoms with E-state index >= 15 is 4.39 Å². The third-order valence-corrected chi connectivity index (χ3v) is 10.9. The number of benzene rings is 2. The molecule has 1 aliphatic carbocycles. The predicted molar refractivity (Wildman–Crippen MR) is 165 cm³/mol. The van der Waals surface area contributed by atoms with Crippen molar-refractivity contribution in [2.45, 2.75) is 69.2 Å². The van der Waals surface area contributed by atoms with Crippen molar-refractivity contribution in [2.75, 3.05) is 26.2 Å². The van der Waals surface area contributed by atoms with Gasteiger partial charge in [-0.15, -0.1) is 0 Å². The second-order valence-corrected chi connectivity index (χ2v) is 13.6. The fourth-order valence-electron chi connectivity index (χ4n) is 8.53. The Kier molecular flexibility index (Phi) is 6.56. The molecule has 0 radical (unpaired) electrons. The van der Waals surface area contributed by atoms with Crippen LogP contribution in [0.25, 0.3) is 32.9 Å². The molecule has 2 aromatic heterocycles. The number of nitrogens with one attached hydrogen (secondary N) is 1.